The van der Waals surface area contributed by atoms with E-state index in [0.717, 1.165) is 36.3 Å². The van der Waals surface area contributed by atoms with Crippen molar-refractivity contribution in [2.24, 2.45) is 5.41 Å². The first-order valence-electron chi connectivity index (χ1n) is 10.3. The van der Waals surface area contributed by atoms with Gasteiger partial charge < -0.3 is 10.2 Å². The number of nitrogens with one attached hydrogen (secondary N) is 1. The summed E-state index contributed by atoms with van der Waals surface area (Å²) in [6.45, 7) is 6.61. The molecule has 0 bridgehead atoms. The Kier molecular flexibility index (Phi) is 5.48. The molecule has 2 aromatic heterocycles. The second-order valence-corrected chi connectivity index (χ2v) is 8.64. The van der Waals surface area contributed by atoms with Gasteiger partial charge in [-0.15, -0.1) is 0 Å². The zero-order chi connectivity index (χ0) is 21.1. The molecule has 154 valence electrons. The maximum atomic E-state index is 13.0. The minimum absolute atomic E-state index is 0.121. The molecule has 3 aromatic rings. The summed E-state index contributed by atoms with van der Waals surface area (Å²) in [5, 5.41) is 3.38. The van der Waals surface area contributed by atoms with Crippen LogP contribution in [0.25, 0.3) is 11.3 Å². The maximum absolute atomic E-state index is 13.0. The predicted molar refractivity (Wildman–Crippen MR) is 118 cm³/mol. The molecule has 1 amide bonds. The Balaban J connectivity index is 1.75. The van der Waals surface area contributed by atoms with Gasteiger partial charge in [0.05, 0.1) is 11.7 Å². The van der Waals surface area contributed by atoms with Crippen molar-refractivity contribution in [2.75, 3.05) is 11.9 Å². The third kappa shape index (κ3) is 4.32. The van der Waals surface area contributed by atoms with E-state index < -0.39 is 5.41 Å². The third-order valence-electron chi connectivity index (χ3n) is 5.20. The van der Waals surface area contributed by atoms with Crippen molar-refractivity contribution in [1.29, 1.82) is 0 Å². The number of carbonyl (C=O) groups excluding carboxylic acids is 1. The second-order valence-electron chi connectivity index (χ2n) is 8.64. The molecule has 0 spiro atoms. The van der Waals surface area contributed by atoms with Crippen LogP contribution in [0.4, 0.5) is 11.5 Å². The lowest BCUT2D eigenvalue weighted by molar-refractivity contribution is -0.140. The average molecular weight is 402 g/mol. The number of carbonyl (C=O) groups is 1. The number of anilines is 2. The largest absolute Gasteiger partial charge is 0.340 e. The van der Waals surface area contributed by atoms with Crippen LogP contribution >= 0.6 is 0 Å². The third-order valence-corrected chi connectivity index (χ3v) is 5.20. The van der Waals surface area contributed by atoms with Crippen LogP contribution < -0.4 is 5.32 Å². The van der Waals surface area contributed by atoms with Crippen molar-refractivity contribution in [3.63, 3.8) is 0 Å². The highest BCUT2D eigenvalue weighted by atomic mass is 16.2. The van der Waals surface area contributed by atoms with Crippen LogP contribution in [-0.2, 0) is 4.79 Å². The molecule has 6 heteroatoms. The van der Waals surface area contributed by atoms with Gasteiger partial charge in [-0.2, -0.15) is 0 Å². The highest BCUT2D eigenvalue weighted by Gasteiger charge is 2.37. The Morgan fingerprint density at radius 3 is 2.60 bits per heavy atom. The van der Waals surface area contributed by atoms with E-state index in [1.807, 2.05) is 74.2 Å². The van der Waals surface area contributed by atoms with Crippen LogP contribution in [0.1, 0.15) is 45.5 Å². The Morgan fingerprint density at radius 1 is 1.10 bits per heavy atom. The van der Waals surface area contributed by atoms with Crippen LogP contribution in [0.3, 0.4) is 0 Å². The summed E-state index contributed by atoms with van der Waals surface area (Å²) in [6.07, 6.45) is 5.36. The lowest BCUT2D eigenvalue weighted by Gasteiger charge is -2.30. The van der Waals surface area contributed by atoms with Gasteiger partial charge in [0, 0.05) is 41.7 Å². The van der Waals surface area contributed by atoms with E-state index in [1.165, 1.54) is 0 Å². The molecule has 1 N–H and O–H groups in total. The van der Waals surface area contributed by atoms with Crippen LogP contribution in [0.2, 0.25) is 0 Å². The number of aromatic nitrogens is 3. The fraction of sp³-hybridized carbons (Fsp3) is 0.333. The van der Waals surface area contributed by atoms with Gasteiger partial charge >= 0.3 is 0 Å². The minimum Gasteiger partial charge on any atom is -0.340 e. The summed E-state index contributed by atoms with van der Waals surface area (Å²) in [5.41, 5.74) is 2.23. The van der Waals surface area contributed by atoms with Gasteiger partial charge in [0.25, 0.3) is 0 Å². The molecule has 4 rings (SSSR count). The Morgan fingerprint density at radius 2 is 1.90 bits per heavy atom. The molecule has 1 atom stereocenters. The zero-order valence-corrected chi connectivity index (χ0v) is 17.7. The Hall–Kier alpha value is -3.28. The normalized spacial score (nSPS) is 16.5. The van der Waals surface area contributed by atoms with Gasteiger partial charge in [0.2, 0.25) is 5.91 Å². The summed E-state index contributed by atoms with van der Waals surface area (Å²) in [4.78, 5) is 28.9. The van der Waals surface area contributed by atoms with E-state index in [2.05, 4.69) is 10.3 Å². The molecule has 1 saturated heterocycles. The fourth-order valence-electron chi connectivity index (χ4n) is 3.72. The number of hydrogen-bond donors (Lipinski definition) is 1. The lowest BCUT2D eigenvalue weighted by Crippen LogP contribution is -2.39. The van der Waals surface area contributed by atoms with Gasteiger partial charge in [-0.05, 0) is 37.1 Å². The molecule has 1 unspecified atom stereocenters. The highest BCUT2D eigenvalue weighted by molar-refractivity contribution is 5.82. The standard InChI is InChI=1S/C24H27N5O/c1-24(2,3)23(30)29-14-8-12-20(29)22-27-19(17-9-7-13-25-16-17)15-21(28-22)26-18-10-5-4-6-11-18/h4-7,9-11,13,15-16,20H,8,12,14H2,1-3H3,(H,26,27,28). The molecule has 1 fully saturated rings. The smallest absolute Gasteiger partial charge is 0.228 e. The summed E-state index contributed by atoms with van der Waals surface area (Å²) < 4.78 is 0. The van der Waals surface area contributed by atoms with Gasteiger partial charge in [0.1, 0.15) is 5.82 Å². The van der Waals surface area contributed by atoms with Crippen molar-refractivity contribution in [3.8, 4) is 11.3 Å². The molecule has 1 aliphatic heterocycles. The van der Waals surface area contributed by atoms with E-state index in [0.29, 0.717) is 11.6 Å². The van der Waals surface area contributed by atoms with Crippen LogP contribution in [0.15, 0.2) is 60.9 Å². The summed E-state index contributed by atoms with van der Waals surface area (Å²) in [5.74, 6) is 1.52. The van der Waals surface area contributed by atoms with Gasteiger partial charge in [0.15, 0.2) is 5.82 Å². The van der Waals surface area contributed by atoms with Gasteiger partial charge in [-0.1, -0.05) is 39.0 Å². The molecule has 1 aliphatic rings. The second kappa shape index (κ2) is 8.22. The molecule has 0 radical (unpaired) electrons. The molecule has 30 heavy (non-hydrogen) atoms. The van der Waals surface area contributed by atoms with E-state index in [4.69, 9.17) is 9.97 Å². The van der Waals surface area contributed by atoms with Crippen LogP contribution in [-0.4, -0.2) is 32.3 Å². The zero-order valence-electron chi connectivity index (χ0n) is 17.7. The number of benzene rings is 1. The van der Waals surface area contributed by atoms with Crippen molar-refractivity contribution < 1.29 is 4.79 Å². The van der Waals surface area contributed by atoms with E-state index in [-0.39, 0.29) is 11.9 Å². The first-order valence-corrected chi connectivity index (χ1v) is 10.3. The van der Waals surface area contributed by atoms with Crippen molar-refractivity contribution in [2.45, 2.75) is 39.7 Å². The number of para-hydroxylation sites is 1. The molecule has 0 saturated carbocycles. The van der Waals surface area contributed by atoms with Gasteiger partial charge in [-0.3, -0.25) is 9.78 Å². The quantitative estimate of drug-likeness (QED) is 0.667. The lowest BCUT2D eigenvalue weighted by atomic mass is 9.94. The first-order chi connectivity index (χ1) is 14.4. The van der Waals surface area contributed by atoms with Crippen molar-refractivity contribution >= 4 is 17.4 Å². The number of likely N-dealkylation sites (tertiary alicyclic amines) is 1. The maximum Gasteiger partial charge on any atom is 0.228 e. The molecule has 3 heterocycles. The average Bonchev–Trinajstić information content (AvgIpc) is 3.23. The molecule has 1 aromatic carbocycles. The highest BCUT2D eigenvalue weighted by Crippen LogP contribution is 2.35. The van der Waals surface area contributed by atoms with Gasteiger partial charge in [-0.25, -0.2) is 9.97 Å². The number of amides is 1. The minimum atomic E-state index is -0.436. The Bertz CT molecular complexity index is 1010. The SMILES string of the molecule is CC(C)(C)C(=O)N1CCCC1c1nc(Nc2ccccc2)cc(-c2cccnc2)n1. The molecular formula is C24H27N5O. The number of rotatable bonds is 4. The van der Waals surface area contributed by atoms with Crippen LogP contribution in [0, 0.1) is 5.41 Å². The van der Waals surface area contributed by atoms with E-state index in [1.54, 1.807) is 12.4 Å². The fourth-order valence-corrected chi connectivity index (χ4v) is 3.72. The monoisotopic (exact) mass is 401 g/mol. The number of nitrogens with zero attached hydrogens (tertiary/aromatic N) is 4. The summed E-state index contributed by atoms with van der Waals surface area (Å²) in [7, 11) is 0. The van der Waals surface area contributed by atoms with Crippen molar-refractivity contribution in [3.05, 3.63) is 66.7 Å². The van der Waals surface area contributed by atoms with Crippen LogP contribution in [0.5, 0.6) is 0 Å². The van der Waals surface area contributed by atoms with E-state index in [9.17, 15) is 4.79 Å². The molecule has 6 nitrogen and oxygen atoms in total. The van der Waals surface area contributed by atoms with E-state index >= 15 is 0 Å². The predicted octanol–water partition coefficient (Wildman–Crippen LogP) is 4.99. The number of hydrogen-bond acceptors (Lipinski definition) is 5. The summed E-state index contributed by atoms with van der Waals surface area (Å²) >= 11 is 0. The first kappa shape index (κ1) is 20.0. The molecular weight excluding hydrogens is 374 g/mol. The number of pyridine rings is 1. The Labute approximate surface area is 177 Å². The topological polar surface area (TPSA) is 71.0 Å². The molecule has 0 aliphatic carbocycles. The van der Waals surface area contributed by atoms with Crippen molar-refractivity contribution in [1.82, 2.24) is 19.9 Å². The summed E-state index contributed by atoms with van der Waals surface area (Å²) in [6, 6.07) is 15.6.